The summed E-state index contributed by atoms with van der Waals surface area (Å²) < 4.78 is 18.2. The summed E-state index contributed by atoms with van der Waals surface area (Å²) in [6, 6.07) is 16.7. The van der Waals surface area contributed by atoms with Gasteiger partial charge in [0.2, 0.25) is 0 Å². The largest absolute Gasteiger partial charge is 0.458 e. The molecule has 0 aliphatic heterocycles. The van der Waals surface area contributed by atoms with Gasteiger partial charge >= 0.3 is 17.9 Å². The van der Waals surface area contributed by atoms with Crippen LogP contribution >= 0.6 is 0 Å². The number of ether oxygens (including phenoxy) is 3. The molecule has 0 bridgehead atoms. The Morgan fingerprint density at radius 3 is 1.93 bits per heavy atom. The molecule has 5 rings (SSSR count). The minimum absolute atomic E-state index is 0.0176. The van der Waals surface area contributed by atoms with Crippen molar-refractivity contribution in [1.29, 1.82) is 0 Å². The molecule has 0 aromatic heterocycles. The highest BCUT2D eigenvalue weighted by atomic mass is 16.6. The zero-order valence-corrected chi connectivity index (χ0v) is 26.4. The minimum atomic E-state index is -2.02. The number of Topliss-reactive ketones (excluding diaryl/α,β-unsaturated/α-hetero) is 1. The van der Waals surface area contributed by atoms with Crippen LogP contribution in [0.4, 0.5) is 0 Å². The third-order valence-electron chi connectivity index (χ3n) is 10.8. The van der Waals surface area contributed by atoms with Crippen LogP contribution in [0, 0.1) is 28.1 Å². The van der Waals surface area contributed by atoms with Crippen molar-refractivity contribution < 1.29 is 43.6 Å². The summed E-state index contributed by atoms with van der Waals surface area (Å²) in [6.45, 7) is 12.2. The molecule has 0 radical (unpaired) electrons. The predicted octanol–water partition coefficient (Wildman–Crippen LogP) is 4.70. The zero-order chi connectivity index (χ0) is 32.9. The number of aliphatic hydroxyl groups is 2. The summed E-state index contributed by atoms with van der Waals surface area (Å²) in [5.41, 5.74) is -5.01. The van der Waals surface area contributed by atoms with E-state index in [1.807, 2.05) is 13.8 Å². The van der Waals surface area contributed by atoms with E-state index in [1.165, 1.54) is 13.0 Å². The maximum absolute atomic E-state index is 14.3. The van der Waals surface area contributed by atoms with Gasteiger partial charge < -0.3 is 24.4 Å². The molecule has 2 N–H and O–H groups in total. The Kier molecular flexibility index (Phi) is 8.34. The van der Waals surface area contributed by atoms with Gasteiger partial charge in [0.25, 0.3) is 0 Å². The number of aliphatic hydroxyl groups excluding tert-OH is 1. The first kappa shape index (κ1) is 32.6. The number of carbonyl (C=O) groups excluding carboxylic acids is 4. The first-order chi connectivity index (χ1) is 21.1. The van der Waals surface area contributed by atoms with Crippen LogP contribution in [-0.2, 0) is 23.8 Å². The smallest absolute Gasteiger partial charge is 0.338 e. The molecule has 3 aliphatic rings. The Labute approximate surface area is 263 Å². The number of esters is 3. The number of benzene rings is 2. The third-order valence-corrected chi connectivity index (χ3v) is 10.8. The van der Waals surface area contributed by atoms with E-state index in [0.29, 0.717) is 5.56 Å². The van der Waals surface area contributed by atoms with Gasteiger partial charge in [0.1, 0.15) is 23.9 Å². The van der Waals surface area contributed by atoms with Crippen LogP contribution in [0.3, 0.4) is 0 Å². The second-order valence-electron chi connectivity index (χ2n) is 13.9. The number of hydrogen-bond acceptors (Lipinski definition) is 9. The summed E-state index contributed by atoms with van der Waals surface area (Å²) in [4.78, 5) is 54.0. The van der Waals surface area contributed by atoms with Crippen LogP contribution in [0.15, 0.2) is 73.3 Å². The Balaban J connectivity index is 1.71. The lowest BCUT2D eigenvalue weighted by Crippen LogP contribution is -2.77. The molecular weight excluding hydrogens is 576 g/mol. The average molecular weight is 619 g/mol. The molecule has 3 fully saturated rings. The van der Waals surface area contributed by atoms with Crippen molar-refractivity contribution in [1.82, 2.24) is 0 Å². The van der Waals surface area contributed by atoms with Crippen molar-refractivity contribution in [3.05, 3.63) is 84.4 Å². The Bertz CT molecular complexity index is 1490. The van der Waals surface area contributed by atoms with E-state index in [9.17, 15) is 29.4 Å². The predicted molar refractivity (Wildman–Crippen MR) is 164 cm³/mol. The fourth-order valence-electron chi connectivity index (χ4n) is 8.68. The van der Waals surface area contributed by atoms with E-state index in [4.69, 9.17) is 14.2 Å². The maximum atomic E-state index is 14.3. The molecule has 45 heavy (non-hydrogen) atoms. The number of allylic oxidation sites excluding steroid dienone is 1. The summed E-state index contributed by atoms with van der Waals surface area (Å²) in [5.74, 6) is -4.11. The first-order valence-corrected chi connectivity index (χ1v) is 15.4. The van der Waals surface area contributed by atoms with Crippen LogP contribution in [0.25, 0.3) is 0 Å². The van der Waals surface area contributed by atoms with Gasteiger partial charge in [-0.05, 0) is 55.4 Å². The molecule has 9 heteroatoms. The number of carbonyl (C=O) groups is 4. The molecule has 2 aromatic carbocycles. The number of hydrogen-bond donors (Lipinski definition) is 2. The second kappa shape index (κ2) is 11.5. The lowest BCUT2D eigenvalue weighted by molar-refractivity contribution is -0.294. The van der Waals surface area contributed by atoms with Crippen molar-refractivity contribution in [2.24, 2.45) is 28.1 Å². The fourth-order valence-corrected chi connectivity index (χ4v) is 8.68. The summed E-state index contributed by atoms with van der Waals surface area (Å²) in [7, 11) is 0. The van der Waals surface area contributed by atoms with Crippen molar-refractivity contribution in [2.75, 3.05) is 0 Å². The Morgan fingerprint density at radius 1 is 0.889 bits per heavy atom. The molecule has 9 atom stereocenters. The van der Waals surface area contributed by atoms with Crippen molar-refractivity contribution in [3.63, 3.8) is 0 Å². The van der Waals surface area contributed by atoms with Gasteiger partial charge in [0.15, 0.2) is 11.9 Å². The van der Waals surface area contributed by atoms with E-state index >= 15 is 0 Å². The molecule has 0 heterocycles. The van der Waals surface area contributed by atoms with Gasteiger partial charge in [-0.2, -0.15) is 0 Å². The van der Waals surface area contributed by atoms with E-state index < -0.39 is 81.8 Å². The van der Waals surface area contributed by atoms with Crippen LogP contribution < -0.4 is 0 Å². The van der Waals surface area contributed by atoms with Crippen LogP contribution in [-0.4, -0.2) is 63.9 Å². The van der Waals surface area contributed by atoms with E-state index in [2.05, 4.69) is 6.58 Å². The molecular formula is C36H42O9. The van der Waals surface area contributed by atoms with Crippen LogP contribution in [0.2, 0.25) is 0 Å². The van der Waals surface area contributed by atoms with Gasteiger partial charge in [0, 0.05) is 24.7 Å². The topological polar surface area (TPSA) is 136 Å². The van der Waals surface area contributed by atoms with Gasteiger partial charge in [-0.1, -0.05) is 63.2 Å². The Morgan fingerprint density at radius 2 is 1.42 bits per heavy atom. The highest BCUT2D eigenvalue weighted by molar-refractivity contribution is 5.96. The molecule has 0 saturated heterocycles. The molecule has 9 nitrogen and oxygen atoms in total. The summed E-state index contributed by atoms with van der Waals surface area (Å²) >= 11 is 0. The van der Waals surface area contributed by atoms with Crippen LogP contribution in [0.1, 0.15) is 74.6 Å². The standard InChI is InChI=1S/C36H42O9/c1-7-34(5)20-24(44-30(39)22-14-10-8-11-15-22)27-35(6)25(18-19-36(27,42)32(34)41)33(3,4)28(38)26(43-21(2)37)29(35)45-31(40)23-16-12-9-13-17-23/h7-17,24-29,38,42H,1,18-20H2,2-6H3/t24-,25+,26+,27-,28-,29+,34+,35+,36+/m1/s1. The zero-order valence-electron chi connectivity index (χ0n) is 26.4. The van der Waals surface area contributed by atoms with E-state index in [1.54, 1.807) is 74.5 Å². The second-order valence-corrected chi connectivity index (χ2v) is 13.9. The van der Waals surface area contributed by atoms with Crippen molar-refractivity contribution in [2.45, 2.75) is 83.9 Å². The molecule has 240 valence electrons. The number of fused-ring (bicyclic) bond motifs is 3. The maximum Gasteiger partial charge on any atom is 0.338 e. The molecule has 3 saturated carbocycles. The van der Waals surface area contributed by atoms with Gasteiger partial charge in [0.05, 0.1) is 16.5 Å². The highest BCUT2D eigenvalue weighted by Crippen LogP contribution is 2.67. The molecule has 3 aliphatic carbocycles. The minimum Gasteiger partial charge on any atom is -0.458 e. The monoisotopic (exact) mass is 618 g/mol. The molecule has 2 aromatic rings. The normalized spacial score (nSPS) is 36.9. The molecule has 0 unspecified atom stereocenters. The lowest BCUT2D eigenvalue weighted by Gasteiger charge is -2.68. The van der Waals surface area contributed by atoms with Gasteiger partial charge in [-0.25, -0.2) is 9.59 Å². The first-order valence-electron chi connectivity index (χ1n) is 15.4. The fraction of sp³-hybridized carbons (Fsp3) is 0.500. The number of ketones is 1. The van der Waals surface area contributed by atoms with Gasteiger partial charge in [-0.15, -0.1) is 6.58 Å². The number of rotatable bonds is 6. The SMILES string of the molecule is C=C[C@@]1(C)C[C@@H](OC(=O)c2ccccc2)[C@@H]2[C@@]3(C)[C@@H](OC(=O)c4ccccc4)[C@@H](OC(C)=O)[C@@H](O)C(C)(C)[C@@H]3CC[C@@]2(O)C1=O. The van der Waals surface area contributed by atoms with E-state index in [-0.39, 0.29) is 24.8 Å². The summed E-state index contributed by atoms with van der Waals surface area (Å²) in [6.07, 6.45) is -3.18. The lowest BCUT2D eigenvalue weighted by atomic mass is 9.39. The molecule has 0 amide bonds. The third kappa shape index (κ3) is 5.20. The van der Waals surface area contributed by atoms with Gasteiger partial charge in [-0.3, -0.25) is 9.59 Å². The summed E-state index contributed by atoms with van der Waals surface area (Å²) in [5, 5.41) is 24.3. The Hall–Kier alpha value is -3.82. The average Bonchev–Trinajstić information content (AvgIpc) is 3.01. The van der Waals surface area contributed by atoms with Crippen molar-refractivity contribution >= 4 is 23.7 Å². The molecule has 0 spiro atoms. The van der Waals surface area contributed by atoms with Crippen LogP contribution in [0.5, 0.6) is 0 Å². The van der Waals surface area contributed by atoms with Crippen molar-refractivity contribution in [3.8, 4) is 0 Å². The quantitative estimate of drug-likeness (QED) is 0.268. The highest BCUT2D eigenvalue weighted by Gasteiger charge is 2.75. The van der Waals surface area contributed by atoms with E-state index in [0.717, 1.165) is 0 Å².